The summed E-state index contributed by atoms with van der Waals surface area (Å²) in [5, 5.41) is 0. The van der Waals surface area contributed by atoms with E-state index in [0.717, 1.165) is 19.3 Å². The van der Waals surface area contributed by atoms with E-state index in [-0.39, 0.29) is 30.1 Å². The molecular weight excluding hydrogens is 368 g/mol. The fraction of sp³-hybridized carbons (Fsp3) is 0.565. The molecule has 0 radical (unpaired) electrons. The van der Waals surface area contributed by atoms with Crippen LogP contribution < -0.4 is 5.73 Å². The Kier molecular flexibility index (Phi) is 6.49. The van der Waals surface area contributed by atoms with Crippen LogP contribution in [0.15, 0.2) is 18.2 Å². The van der Waals surface area contributed by atoms with Crippen LogP contribution in [0.2, 0.25) is 0 Å². The second kappa shape index (κ2) is 8.87. The van der Waals surface area contributed by atoms with Crippen LogP contribution in [-0.4, -0.2) is 48.3 Å². The topological polar surface area (TPSA) is 81.9 Å². The fourth-order valence-corrected chi connectivity index (χ4v) is 4.51. The fourth-order valence-electron chi connectivity index (χ4n) is 4.51. The third kappa shape index (κ3) is 4.11. The Bertz CT molecular complexity index is 816. The van der Waals surface area contributed by atoms with Gasteiger partial charge in [-0.15, -0.1) is 6.42 Å². The zero-order valence-electron chi connectivity index (χ0n) is 17.4. The van der Waals surface area contributed by atoms with Gasteiger partial charge in [-0.3, -0.25) is 9.69 Å². The number of methoxy groups -OCH3 is 1. The van der Waals surface area contributed by atoms with E-state index < -0.39 is 12.1 Å². The molecule has 156 valence electrons. The number of hydrogen-bond acceptors (Lipinski definition) is 5. The van der Waals surface area contributed by atoms with Crippen LogP contribution in [0.1, 0.15) is 44.6 Å². The van der Waals surface area contributed by atoms with E-state index in [0.29, 0.717) is 12.8 Å². The van der Waals surface area contributed by atoms with Crippen LogP contribution in [0, 0.1) is 25.2 Å². The molecule has 29 heavy (non-hydrogen) atoms. The highest BCUT2D eigenvalue weighted by molar-refractivity contribution is 5.80. The minimum Gasteiger partial charge on any atom is -0.461 e. The minimum atomic E-state index is -0.595. The first-order chi connectivity index (χ1) is 13.9. The molecule has 6 nitrogen and oxygen atoms in total. The summed E-state index contributed by atoms with van der Waals surface area (Å²) >= 11 is 0. The molecule has 0 aromatic carbocycles. The van der Waals surface area contributed by atoms with Gasteiger partial charge in [0.2, 0.25) is 0 Å². The Labute approximate surface area is 172 Å². The van der Waals surface area contributed by atoms with Crippen molar-refractivity contribution in [3.05, 3.63) is 23.8 Å². The molecule has 2 unspecified atom stereocenters. The number of likely N-dealkylation sites (tertiary alicyclic amines) is 1. The lowest BCUT2D eigenvalue weighted by Gasteiger charge is -2.36. The molecule has 4 aliphatic rings. The van der Waals surface area contributed by atoms with Crippen molar-refractivity contribution in [3.63, 3.8) is 0 Å². The molecular formula is C23H30N2O4. The molecule has 1 aliphatic heterocycles. The van der Waals surface area contributed by atoms with Crippen molar-refractivity contribution in [1.29, 1.82) is 0 Å². The van der Waals surface area contributed by atoms with Crippen LogP contribution in [0.3, 0.4) is 0 Å². The minimum absolute atomic E-state index is 0.0297. The summed E-state index contributed by atoms with van der Waals surface area (Å²) in [6, 6.07) is 5.57. The zero-order chi connectivity index (χ0) is 21.1. The number of amides is 1. The standard InChI is InChI=1S/C16H24N2O4.C7H6/c1-4-10-9-11-13(18(10)16(20)21-3)7-6-8-14(11)22-15(19)12(17)5-2;1-5-4-6-2-3-7(5)6/h1,10-14H,5-9,17H2,2-3H3;2-4H,1H3/t10?,11-,12?,13-,14+;/m1./s1. The van der Waals surface area contributed by atoms with Gasteiger partial charge in [0.05, 0.1) is 13.2 Å². The first kappa shape index (κ1) is 21.2. The summed E-state index contributed by atoms with van der Waals surface area (Å²) in [5.41, 5.74) is 10.1. The lowest BCUT2D eigenvalue weighted by molar-refractivity contribution is -0.155. The first-order valence-electron chi connectivity index (χ1n) is 10.3. The van der Waals surface area contributed by atoms with Crippen molar-refractivity contribution in [2.45, 2.75) is 70.2 Å². The van der Waals surface area contributed by atoms with Gasteiger partial charge >= 0.3 is 12.1 Å². The maximum atomic E-state index is 12.0. The van der Waals surface area contributed by atoms with Crippen molar-refractivity contribution < 1.29 is 19.1 Å². The molecule has 1 amide bonds. The predicted molar refractivity (Wildman–Crippen MR) is 111 cm³/mol. The van der Waals surface area contributed by atoms with E-state index in [1.165, 1.54) is 23.8 Å². The number of rotatable bonds is 3. The van der Waals surface area contributed by atoms with Crippen molar-refractivity contribution >= 4 is 12.1 Å². The summed E-state index contributed by atoms with van der Waals surface area (Å²) < 4.78 is 10.5. The van der Waals surface area contributed by atoms with Crippen LogP contribution in [0.25, 0.3) is 11.1 Å². The Hall–Kier alpha value is -2.52. The summed E-state index contributed by atoms with van der Waals surface area (Å²) in [5.74, 6) is 2.34. The zero-order valence-corrected chi connectivity index (χ0v) is 17.4. The van der Waals surface area contributed by atoms with Gasteiger partial charge in [0.1, 0.15) is 12.1 Å². The summed E-state index contributed by atoms with van der Waals surface area (Å²) in [7, 11) is 1.35. The molecule has 0 spiro atoms. The molecule has 0 aromatic rings. The molecule has 1 saturated carbocycles. The Morgan fingerprint density at radius 3 is 2.59 bits per heavy atom. The number of carbonyl (C=O) groups excluding carboxylic acids is 2. The highest BCUT2D eigenvalue weighted by Gasteiger charge is 2.49. The summed E-state index contributed by atoms with van der Waals surface area (Å²) in [6.45, 7) is 3.99. The largest absolute Gasteiger partial charge is 0.461 e. The Balaban J connectivity index is 0.000000283. The number of aryl methyl sites for hydroxylation is 1. The third-order valence-electron chi connectivity index (χ3n) is 6.27. The van der Waals surface area contributed by atoms with Gasteiger partial charge in [-0.25, -0.2) is 4.79 Å². The van der Waals surface area contributed by atoms with E-state index >= 15 is 0 Å². The van der Waals surface area contributed by atoms with Gasteiger partial charge in [-0.1, -0.05) is 31.0 Å². The molecule has 1 heterocycles. The van der Waals surface area contributed by atoms with E-state index in [2.05, 4.69) is 31.0 Å². The maximum absolute atomic E-state index is 12.0. The van der Waals surface area contributed by atoms with Crippen molar-refractivity contribution in [3.8, 4) is 23.5 Å². The normalized spacial score (nSPS) is 26.9. The van der Waals surface area contributed by atoms with Gasteiger partial charge < -0.3 is 15.2 Å². The van der Waals surface area contributed by atoms with E-state index in [9.17, 15) is 9.59 Å². The highest BCUT2D eigenvalue weighted by atomic mass is 16.6. The average Bonchev–Trinajstić information content (AvgIpc) is 3.10. The molecule has 1 saturated heterocycles. The second-order valence-corrected chi connectivity index (χ2v) is 7.98. The van der Waals surface area contributed by atoms with Gasteiger partial charge in [-0.05, 0) is 55.7 Å². The van der Waals surface area contributed by atoms with E-state index in [1.807, 2.05) is 6.92 Å². The van der Waals surface area contributed by atoms with Crippen molar-refractivity contribution in [2.24, 2.45) is 11.7 Å². The quantitative estimate of drug-likeness (QED) is 0.634. The Morgan fingerprint density at radius 2 is 2.14 bits per heavy atom. The molecule has 0 aromatic heterocycles. The van der Waals surface area contributed by atoms with Crippen LogP contribution >= 0.6 is 0 Å². The average molecular weight is 399 g/mol. The number of nitrogens with zero attached hydrogens (tertiary/aromatic N) is 1. The highest BCUT2D eigenvalue weighted by Crippen LogP contribution is 2.41. The number of benzene rings is 1. The molecule has 2 fully saturated rings. The maximum Gasteiger partial charge on any atom is 0.410 e. The van der Waals surface area contributed by atoms with E-state index in [4.69, 9.17) is 21.6 Å². The molecule has 3 aliphatic carbocycles. The molecule has 6 heteroatoms. The van der Waals surface area contributed by atoms with Gasteiger partial charge in [-0.2, -0.15) is 0 Å². The molecule has 4 rings (SSSR count). The van der Waals surface area contributed by atoms with Crippen molar-refractivity contribution in [2.75, 3.05) is 7.11 Å². The predicted octanol–water partition coefficient (Wildman–Crippen LogP) is 3.25. The number of hydrogen-bond donors (Lipinski definition) is 1. The second-order valence-electron chi connectivity index (χ2n) is 7.98. The Morgan fingerprint density at radius 1 is 1.38 bits per heavy atom. The summed E-state index contributed by atoms with van der Waals surface area (Å²) in [4.78, 5) is 25.6. The van der Waals surface area contributed by atoms with Crippen LogP contribution in [-0.2, 0) is 14.3 Å². The molecule has 2 N–H and O–H groups in total. The monoisotopic (exact) mass is 398 g/mol. The van der Waals surface area contributed by atoms with Gasteiger partial charge in [0.25, 0.3) is 0 Å². The molecule has 0 bridgehead atoms. The van der Waals surface area contributed by atoms with Crippen LogP contribution in [0.4, 0.5) is 4.79 Å². The smallest absolute Gasteiger partial charge is 0.410 e. The van der Waals surface area contributed by atoms with Crippen molar-refractivity contribution in [1.82, 2.24) is 4.90 Å². The summed E-state index contributed by atoms with van der Waals surface area (Å²) in [6.07, 6.45) is 8.62. The molecule has 5 atom stereocenters. The number of esters is 1. The number of nitrogens with two attached hydrogens (primary N) is 1. The number of terminal acetylenes is 1. The number of ether oxygens (including phenoxy) is 2. The lowest BCUT2D eigenvalue weighted by Crippen LogP contribution is -2.47. The number of carbonyl (C=O) groups is 2. The SMILES string of the molecule is C#CC1C[C@H]2[C@@H](OC(=O)C(N)CC)CCC[C@H]2N1C(=O)OC.Cc1cc2ccc1-2. The van der Waals surface area contributed by atoms with Crippen LogP contribution in [0.5, 0.6) is 0 Å². The van der Waals surface area contributed by atoms with Gasteiger partial charge in [0, 0.05) is 12.0 Å². The lowest BCUT2D eigenvalue weighted by atomic mass is 9.82. The van der Waals surface area contributed by atoms with E-state index in [1.54, 1.807) is 4.90 Å². The van der Waals surface area contributed by atoms with Gasteiger partial charge in [0.15, 0.2) is 0 Å². The third-order valence-corrected chi connectivity index (χ3v) is 6.27. The number of fused-ring (bicyclic) bond motifs is 2. The first-order valence-corrected chi connectivity index (χ1v) is 10.3.